The van der Waals surface area contributed by atoms with E-state index in [-0.39, 0.29) is 36.7 Å². The molecule has 2 aliphatic rings. The van der Waals surface area contributed by atoms with Crippen LogP contribution in [0.2, 0.25) is 0 Å². The minimum absolute atomic E-state index is 0.0295. The first-order chi connectivity index (χ1) is 18.7. The van der Waals surface area contributed by atoms with Crippen LogP contribution in [0.15, 0.2) is 121 Å². The lowest BCUT2D eigenvalue weighted by atomic mass is 10.0. The van der Waals surface area contributed by atoms with Crippen molar-refractivity contribution in [3.63, 3.8) is 0 Å². The first kappa shape index (κ1) is 25.0. The molecular formula is C34H36N2O2. The molecule has 0 saturated carbocycles. The molecule has 0 N–H and O–H groups in total. The van der Waals surface area contributed by atoms with Gasteiger partial charge < -0.3 is 9.47 Å². The summed E-state index contributed by atoms with van der Waals surface area (Å²) in [7, 11) is 0. The molecule has 2 aliphatic heterocycles. The van der Waals surface area contributed by atoms with E-state index >= 15 is 0 Å². The largest absolute Gasteiger partial charge is 0.349 e. The molecule has 0 bridgehead atoms. The Labute approximate surface area is 226 Å². The molecule has 0 unspecified atom stereocenters. The van der Waals surface area contributed by atoms with Gasteiger partial charge in [-0.05, 0) is 36.1 Å². The minimum atomic E-state index is -0.213. The van der Waals surface area contributed by atoms with E-state index in [2.05, 4.69) is 145 Å². The van der Waals surface area contributed by atoms with E-state index in [4.69, 9.17) is 9.47 Å². The molecule has 0 radical (unpaired) electrons. The van der Waals surface area contributed by atoms with Gasteiger partial charge in [0, 0.05) is 25.2 Å². The molecule has 6 rings (SSSR count). The zero-order valence-corrected chi connectivity index (χ0v) is 22.1. The third-order valence-corrected chi connectivity index (χ3v) is 8.06. The number of rotatable bonds is 7. The van der Waals surface area contributed by atoms with Gasteiger partial charge in [-0.25, -0.2) is 0 Å². The Balaban J connectivity index is 1.37. The molecule has 0 aromatic heterocycles. The molecule has 2 fully saturated rings. The number of hydrogen-bond acceptors (Lipinski definition) is 4. The molecule has 2 heterocycles. The predicted molar refractivity (Wildman–Crippen MR) is 151 cm³/mol. The van der Waals surface area contributed by atoms with Gasteiger partial charge in [-0.2, -0.15) is 0 Å². The Bertz CT molecular complexity index is 1180. The second-order valence-corrected chi connectivity index (χ2v) is 10.5. The lowest BCUT2D eigenvalue weighted by Crippen LogP contribution is -2.49. The van der Waals surface area contributed by atoms with Gasteiger partial charge in [-0.1, -0.05) is 121 Å². The van der Waals surface area contributed by atoms with E-state index in [0.717, 1.165) is 13.1 Å². The van der Waals surface area contributed by atoms with E-state index < -0.39 is 0 Å². The molecule has 4 aromatic carbocycles. The lowest BCUT2D eigenvalue weighted by Gasteiger charge is -2.35. The number of nitrogens with zero attached hydrogens (tertiary/aromatic N) is 2. The van der Waals surface area contributed by atoms with Crippen LogP contribution >= 0.6 is 0 Å². The van der Waals surface area contributed by atoms with Crippen LogP contribution in [0.25, 0.3) is 0 Å². The van der Waals surface area contributed by atoms with Gasteiger partial charge in [0.25, 0.3) is 0 Å². The molecule has 2 saturated heterocycles. The summed E-state index contributed by atoms with van der Waals surface area (Å²) in [6.45, 7) is 6.18. The maximum Gasteiger partial charge on any atom is 0.152 e. The summed E-state index contributed by atoms with van der Waals surface area (Å²) in [4.78, 5) is 4.99. The second-order valence-electron chi connectivity index (χ2n) is 10.5. The highest BCUT2D eigenvalue weighted by molar-refractivity contribution is 5.24. The van der Waals surface area contributed by atoms with Crippen molar-refractivity contribution in [3.8, 4) is 0 Å². The highest BCUT2D eigenvalue weighted by atomic mass is 16.6. The van der Waals surface area contributed by atoms with Gasteiger partial charge in [0.05, 0.1) is 0 Å². The Morgan fingerprint density at radius 3 is 1.13 bits per heavy atom. The maximum absolute atomic E-state index is 6.99. The van der Waals surface area contributed by atoms with Crippen LogP contribution in [0.1, 0.15) is 48.3 Å². The molecule has 4 aromatic rings. The second kappa shape index (κ2) is 11.2. The van der Waals surface area contributed by atoms with E-state index in [1.54, 1.807) is 0 Å². The number of hydrogen-bond donors (Lipinski definition) is 0. The number of benzene rings is 4. The van der Waals surface area contributed by atoms with Crippen molar-refractivity contribution in [2.45, 2.75) is 63.7 Å². The molecule has 0 aliphatic carbocycles. The fourth-order valence-electron chi connectivity index (χ4n) is 6.01. The Morgan fingerprint density at radius 1 is 0.474 bits per heavy atom. The van der Waals surface area contributed by atoms with Gasteiger partial charge in [0.2, 0.25) is 0 Å². The highest BCUT2D eigenvalue weighted by Crippen LogP contribution is 2.44. The predicted octanol–water partition coefficient (Wildman–Crippen LogP) is 6.96. The van der Waals surface area contributed by atoms with Gasteiger partial charge >= 0.3 is 0 Å². The van der Waals surface area contributed by atoms with E-state index in [9.17, 15) is 0 Å². The summed E-state index contributed by atoms with van der Waals surface area (Å²) in [6.07, 6.45) is -0.484. The van der Waals surface area contributed by atoms with Crippen LogP contribution in [0, 0.1) is 0 Å². The average Bonchev–Trinajstić information content (AvgIpc) is 3.47. The van der Waals surface area contributed by atoms with Crippen molar-refractivity contribution in [3.05, 3.63) is 144 Å². The molecule has 0 spiro atoms. The Morgan fingerprint density at radius 2 is 0.789 bits per heavy atom. The van der Waals surface area contributed by atoms with Crippen molar-refractivity contribution in [2.75, 3.05) is 0 Å². The van der Waals surface area contributed by atoms with E-state index in [1.807, 2.05) is 0 Å². The van der Waals surface area contributed by atoms with Gasteiger partial charge in [-0.15, -0.1) is 0 Å². The van der Waals surface area contributed by atoms with Crippen LogP contribution in [-0.2, 0) is 22.6 Å². The smallest absolute Gasteiger partial charge is 0.152 e. The van der Waals surface area contributed by atoms with Crippen molar-refractivity contribution in [1.82, 2.24) is 9.80 Å². The van der Waals surface area contributed by atoms with Crippen molar-refractivity contribution in [1.29, 1.82) is 0 Å². The molecule has 194 valence electrons. The first-order valence-electron chi connectivity index (χ1n) is 13.7. The summed E-state index contributed by atoms with van der Waals surface area (Å²) >= 11 is 0. The molecule has 6 atom stereocenters. The van der Waals surface area contributed by atoms with Crippen LogP contribution in [0.5, 0.6) is 0 Å². The molecule has 0 amide bonds. The van der Waals surface area contributed by atoms with Gasteiger partial charge in [0.15, 0.2) is 12.5 Å². The SMILES string of the molecule is C[C@H]1[C@@H](c2ccccc2)O[C@H]([C@@H]2O[C@H](c3ccccc3)[C@H](C)N2Cc2ccccc2)N1Cc1ccccc1. The summed E-state index contributed by atoms with van der Waals surface area (Å²) in [5.74, 6) is 0. The topological polar surface area (TPSA) is 24.9 Å². The highest BCUT2D eigenvalue weighted by Gasteiger charge is 2.51. The molecular weight excluding hydrogens is 468 g/mol. The molecule has 38 heavy (non-hydrogen) atoms. The normalized spacial score (nSPS) is 28.1. The van der Waals surface area contributed by atoms with Crippen molar-refractivity contribution in [2.24, 2.45) is 0 Å². The summed E-state index contributed by atoms with van der Waals surface area (Å²) < 4.78 is 14.0. The third kappa shape index (κ3) is 5.05. The summed E-state index contributed by atoms with van der Waals surface area (Å²) in [5, 5.41) is 0. The van der Waals surface area contributed by atoms with Crippen LogP contribution in [0.4, 0.5) is 0 Å². The van der Waals surface area contributed by atoms with Crippen molar-refractivity contribution < 1.29 is 9.47 Å². The molecule has 4 heteroatoms. The lowest BCUT2D eigenvalue weighted by molar-refractivity contribution is -0.146. The standard InChI is InChI=1S/C34H36N2O2/c1-25-31(29-19-11-5-12-20-29)37-33(35(25)23-27-15-7-3-8-16-27)34-36(24-28-17-9-4-10-18-28)26(2)32(38-34)30-21-13-6-14-22-30/h3-22,25-26,31-34H,23-24H2,1-2H3/t25-,26-,31-,32-,33-,34+/m0/s1. The van der Waals surface area contributed by atoms with Crippen LogP contribution in [0.3, 0.4) is 0 Å². The summed E-state index contributed by atoms with van der Waals surface area (Å²) in [5.41, 5.74) is 4.98. The molecule has 4 nitrogen and oxygen atoms in total. The Hall–Kier alpha value is -3.28. The first-order valence-corrected chi connectivity index (χ1v) is 13.7. The fourth-order valence-corrected chi connectivity index (χ4v) is 6.01. The number of ether oxygens (including phenoxy) is 2. The zero-order valence-electron chi connectivity index (χ0n) is 22.1. The quantitative estimate of drug-likeness (QED) is 0.272. The van der Waals surface area contributed by atoms with E-state index in [0.29, 0.717) is 0 Å². The van der Waals surface area contributed by atoms with E-state index in [1.165, 1.54) is 22.3 Å². The zero-order chi connectivity index (χ0) is 25.9. The van der Waals surface area contributed by atoms with Crippen LogP contribution in [-0.4, -0.2) is 34.3 Å². The van der Waals surface area contributed by atoms with Gasteiger partial charge in [0.1, 0.15) is 12.2 Å². The van der Waals surface area contributed by atoms with Crippen molar-refractivity contribution >= 4 is 0 Å². The third-order valence-electron chi connectivity index (χ3n) is 8.06. The maximum atomic E-state index is 6.99. The van der Waals surface area contributed by atoms with Gasteiger partial charge in [-0.3, -0.25) is 9.80 Å². The monoisotopic (exact) mass is 504 g/mol. The Kier molecular flexibility index (Phi) is 7.39. The minimum Gasteiger partial charge on any atom is -0.349 e. The fraction of sp³-hybridized carbons (Fsp3) is 0.294. The average molecular weight is 505 g/mol. The van der Waals surface area contributed by atoms with Crippen LogP contribution < -0.4 is 0 Å². The summed E-state index contributed by atoms with van der Waals surface area (Å²) in [6, 6.07) is 43.0.